The van der Waals surface area contributed by atoms with Gasteiger partial charge < -0.3 is 11.1 Å². The first kappa shape index (κ1) is 10.2. The Balaban J connectivity index is 2.37. The molecular formula is C10H14N2S. The van der Waals surface area contributed by atoms with Crippen LogP contribution >= 0.6 is 12.2 Å². The summed E-state index contributed by atoms with van der Waals surface area (Å²) in [6, 6.07) is 10.2. The average Bonchev–Trinajstić information content (AvgIpc) is 2.16. The quantitative estimate of drug-likeness (QED) is 0.705. The molecule has 0 bridgehead atoms. The molecule has 0 spiro atoms. The number of hydrogen-bond acceptors (Lipinski definition) is 2. The Morgan fingerprint density at radius 2 is 2.00 bits per heavy atom. The third-order valence-corrected chi connectivity index (χ3v) is 1.96. The van der Waals surface area contributed by atoms with Crippen LogP contribution in [0.5, 0.6) is 0 Å². The first-order chi connectivity index (χ1) is 6.33. The van der Waals surface area contributed by atoms with Gasteiger partial charge in [-0.3, -0.25) is 0 Å². The van der Waals surface area contributed by atoms with Gasteiger partial charge in [0, 0.05) is 19.5 Å². The lowest BCUT2D eigenvalue weighted by Crippen LogP contribution is -2.28. The lowest BCUT2D eigenvalue weighted by molar-refractivity contribution is 0.874. The zero-order valence-corrected chi connectivity index (χ0v) is 8.31. The molecule has 0 atom stereocenters. The zero-order valence-electron chi connectivity index (χ0n) is 7.49. The van der Waals surface area contributed by atoms with Gasteiger partial charge in [0.15, 0.2) is 0 Å². The Kier molecular flexibility index (Phi) is 4.43. The summed E-state index contributed by atoms with van der Waals surface area (Å²) < 4.78 is 0. The topological polar surface area (TPSA) is 38.0 Å². The molecular weight excluding hydrogens is 180 g/mol. The zero-order chi connectivity index (χ0) is 9.52. The predicted molar refractivity (Wildman–Crippen MR) is 59.8 cm³/mol. The van der Waals surface area contributed by atoms with Crippen molar-refractivity contribution in [2.24, 2.45) is 5.73 Å². The molecule has 3 heteroatoms. The highest BCUT2D eigenvalue weighted by atomic mass is 32.1. The fourth-order valence-electron chi connectivity index (χ4n) is 1.06. The molecule has 0 aromatic heterocycles. The highest BCUT2D eigenvalue weighted by molar-refractivity contribution is 7.80. The molecule has 3 N–H and O–H groups in total. The van der Waals surface area contributed by atoms with E-state index in [0.29, 0.717) is 6.54 Å². The number of nitrogens with two attached hydrogens (primary N) is 1. The molecule has 0 unspecified atom stereocenters. The van der Waals surface area contributed by atoms with Crippen molar-refractivity contribution in [2.45, 2.75) is 6.42 Å². The molecule has 70 valence electrons. The second kappa shape index (κ2) is 5.67. The number of benzene rings is 1. The Morgan fingerprint density at radius 3 is 2.62 bits per heavy atom. The van der Waals surface area contributed by atoms with E-state index in [2.05, 4.69) is 17.4 Å². The lowest BCUT2D eigenvalue weighted by atomic mass is 10.1. The second-order valence-corrected chi connectivity index (χ2v) is 3.29. The second-order valence-electron chi connectivity index (χ2n) is 2.80. The summed E-state index contributed by atoms with van der Waals surface area (Å²) in [6.45, 7) is 1.38. The molecule has 0 heterocycles. The van der Waals surface area contributed by atoms with Crippen LogP contribution in [0, 0.1) is 0 Å². The van der Waals surface area contributed by atoms with Crippen LogP contribution in [0.25, 0.3) is 0 Å². The van der Waals surface area contributed by atoms with Crippen molar-refractivity contribution in [3.63, 3.8) is 0 Å². The first-order valence-corrected chi connectivity index (χ1v) is 4.74. The third kappa shape index (κ3) is 4.01. The fourth-order valence-corrected chi connectivity index (χ4v) is 1.32. The predicted octanol–water partition coefficient (Wildman–Crippen LogP) is 1.10. The molecule has 1 rings (SSSR count). The van der Waals surface area contributed by atoms with Crippen LogP contribution in [0.1, 0.15) is 5.56 Å². The van der Waals surface area contributed by atoms with E-state index < -0.39 is 0 Å². The van der Waals surface area contributed by atoms with Gasteiger partial charge in [-0.05, 0) is 5.56 Å². The van der Waals surface area contributed by atoms with Gasteiger partial charge >= 0.3 is 0 Å². The lowest BCUT2D eigenvalue weighted by Gasteiger charge is -2.05. The van der Waals surface area contributed by atoms with Crippen molar-refractivity contribution in [2.75, 3.05) is 13.1 Å². The SMILES string of the molecule is NCCNC(=S)Cc1ccccc1. The molecule has 0 aliphatic carbocycles. The van der Waals surface area contributed by atoms with Crippen molar-refractivity contribution in [1.82, 2.24) is 5.32 Å². The van der Waals surface area contributed by atoms with Crippen LogP contribution < -0.4 is 11.1 Å². The summed E-state index contributed by atoms with van der Waals surface area (Å²) in [5.41, 5.74) is 6.58. The Hall–Kier alpha value is -0.930. The van der Waals surface area contributed by atoms with Gasteiger partial charge in [0.1, 0.15) is 0 Å². The minimum atomic E-state index is 0.620. The molecule has 0 fully saturated rings. The maximum absolute atomic E-state index is 5.35. The minimum Gasteiger partial charge on any atom is -0.378 e. The Labute approximate surface area is 84.1 Å². The normalized spacial score (nSPS) is 9.62. The summed E-state index contributed by atoms with van der Waals surface area (Å²) >= 11 is 5.13. The third-order valence-electron chi connectivity index (χ3n) is 1.67. The average molecular weight is 194 g/mol. The maximum atomic E-state index is 5.35. The highest BCUT2D eigenvalue weighted by Crippen LogP contribution is 1.99. The Morgan fingerprint density at radius 1 is 1.31 bits per heavy atom. The van der Waals surface area contributed by atoms with Crippen molar-refractivity contribution >= 4 is 17.2 Å². The van der Waals surface area contributed by atoms with Gasteiger partial charge in [-0.25, -0.2) is 0 Å². The maximum Gasteiger partial charge on any atom is 0.0798 e. The number of rotatable bonds is 4. The molecule has 2 nitrogen and oxygen atoms in total. The van der Waals surface area contributed by atoms with Crippen LogP contribution in [0.2, 0.25) is 0 Å². The summed E-state index contributed by atoms with van der Waals surface area (Å²) in [4.78, 5) is 0.858. The van der Waals surface area contributed by atoms with E-state index in [-0.39, 0.29) is 0 Å². The summed E-state index contributed by atoms with van der Waals surface area (Å²) in [5, 5.41) is 3.09. The van der Waals surface area contributed by atoms with Gasteiger partial charge in [0.2, 0.25) is 0 Å². The van der Waals surface area contributed by atoms with Crippen molar-refractivity contribution in [1.29, 1.82) is 0 Å². The molecule has 13 heavy (non-hydrogen) atoms. The van der Waals surface area contributed by atoms with E-state index in [4.69, 9.17) is 18.0 Å². The minimum absolute atomic E-state index is 0.620. The smallest absolute Gasteiger partial charge is 0.0798 e. The molecule has 1 aromatic rings. The van der Waals surface area contributed by atoms with Crippen molar-refractivity contribution < 1.29 is 0 Å². The van der Waals surface area contributed by atoms with Gasteiger partial charge in [0.25, 0.3) is 0 Å². The fraction of sp³-hybridized carbons (Fsp3) is 0.300. The molecule has 1 aromatic carbocycles. The number of nitrogens with one attached hydrogen (secondary N) is 1. The largest absolute Gasteiger partial charge is 0.378 e. The van der Waals surface area contributed by atoms with Crippen LogP contribution in [-0.2, 0) is 6.42 Å². The molecule has 0 saturated carbocycles. The summed E-state index contributed by atoms with van der Waals surface area (Å²) in [5.74, 6) is 0. The van der Waals surface area contributed by atoms with E-state index >= 15 is 0 Å². The van der Waals surface area contributed by atoms with Crippen molar-refractivity contribution in [3.8, 4) is 0 Å². The monoisotopic (exact) mass is 194 g/mol. The van der Waals surface area contributed by atoms with E-state index in [0.717, 1.165) is 18.0 Å². The van der Waals surface area contributed by atoms with Gasteiger partial charge in [-0.1, -0.05) is 42.5 Å². The highest BCUT2D eigenvalue weighted by Gasteiger charge is 1.96. The van der Waals surface area contributed by atoms with Crippen LogP contribution in [-0.4, -0.2) is 18.1 Å². The standard InChI is InChI=1S/C10H14N2S/c11-6-7-12-10(13)8-9-4-2-1-3-5-9/h1-5H,6-8,11H2,(H,12,13). The molecule has 0 amide bonds. The first-order valence-electron chi connectivity index (χ1n) is 4.33. The van der Waals surface area contributed by atoms with Crippen molar-refractivity contribution in [3.05, 3.63) is 35.9 Å². The van der Waals surface area contributed by atoms with E-state index in [9.17, 15) is 0 Å². The summed E-state index contributed by atoms with van der Waals surface area (Å²) in [7, 11) is 0. The van der Waals surface area contributed by atoms with E-state index in [1.165, 1.54) is 5.56 Å². The molecule has 0 radical (unpaired) electrons. The van der Waals surface area contributed by atoms with Crippen LogP contribution in [0.15, 0.2) is 30.3 Å². The summed E-state index contributed by atoms with van der Waals surface area (Å²) in [6.07, 6.45) is 0.802. The van der Waals surface area contributed by atoms with Crippen LogP contribution in [0.4, 0.5) is 0 Å². The van der Waals surface area contributed by atoms with E-state index in [1.54, 1.807) is 0 Å². The number of thiocarbonyl (C=S) groups is 1. The van der Waals surface area contributed by atoms with E-state index in [1.807, 2.05) is 18.2 Å². The van der Waals surface area contributed by atoms with Crippen LogP contribution in [0.3, 0.4) is 0 Å². The van der Waals surface area contributed by atoms with Gasteiger partial charge in [0.05, 0.1) is 4.99 Å². The number of hydrogen-bond donors (Lipinski definition) is 2. The molecule has 0 aliphatic heterocycles. The molecule has 0 saturated heterocycles. The van der Waals surface area contributed by atoms with Gasteiger partial charge in [-0.15, -0.1) is 0 Å². The molecule has 0 aliphatic rings. The van der Waals surface area contributed by atoms with Gasteiger partial charge in [-0.2, -0.15) is 0 Å². The Bertz CT molecular complexity index is 259.